The molecular weight excluding hydrogens is 464 g/mol. The van der Waals surface area contributed by atoms with Gasteiger partial charge in [-0.15, -0.1) is 0 Å². The van der Waals surface area contributed by atoms with Crippen LogP contribution in [0.15, 0.2) is 55.6 Å². The summed E-state index contributed by atoms with van der Waals surface area (Å²) in [5.74, 6) is 0.668. The van der Waals surface area contributed by atoms with Crippen molar-refractivity contribution in [1.29, 1.82) is 0 Å². The van der Waals surface area contributed by atoms with E-state index < -0.39 is 0 Å². The number of fused-ring (bicyclic) bond motifs is 2. The quantitative estimate of drug-likeness (QED) is 0.367. The lowest BCUT2D eigenvalue weighted by molar-refractivity contribution is 0.220. The lowest BCUT2D eigenvalue weighted by Crippen LogP contribution is -2.29. The zero-order valence-electron chi connectivity index (χ0n) is 20.5. The van der Waals surface area contributed by atoms with Gasteiger partial charge >= 0.3 is 0 Å². The van der Waals surface area contributed by atoms with Crippen molar-refractivity contribution in [2.45, 2.75) is 32.7 Å². The maximum atomic E-state index is 4.91. The van der Waals surface area contributed by atoms with E-state index in [-0.39, 0.29) is 0 Å². The molecule has 6 aromatic rings. The Labute approximate surface area is 212 Å². The Morgan fingerprint density at radius 2 is 1.81 bits per heavy atom. The summed E-state index contributed by atoms with van der Waals surface area (Å²) in [7, 11) is 0. The number of imidazole rings is 2. The second-order valence-electron chi connectivity index (χ2n) is 9.67. The fourth-order valence-corrected chi connectivity index (χ4v) is 5.12. The number of rotatable bonds is 5. The van der Waals surface area contributed by atoms with Gasteiger partial charge in [0.05, 0.1) is 53.0 Å². The Balaban J connectivity index is 1.26. The molecule has 0 atom stereocenters. The summed E-state index contributed by atoms with van der Waals surface area (Å²) >= 11 is 0. The molecule has 0 saturated carbocycles. The maximum Gasteiger partial charge on any atom is 0.159 e. The summed E-state index contributed by atoms with van der Waals surface area (Å²) in [4.78, 5) is 28.8. The minimum absolute atomic E-state index is 0.668. The Morgan fingerprint density at radius 3 is 2.68 bits per heavy atom. The monoisotopic (exact) mass is 490 g/mol. The second-order valence-corrected chi connectivity index (χ2v) is 9.67. The van der Waals surface area contributed by atoms with Gasteiger partial charge < -0.3 is 9.55 Å². The average Bonchev–Trinajstić information content (AvgIpc) is 3.66. The van der Waals surface area contributed by atoms with Crippen LogP contribution in [0.4, 0.5) is 0 Å². The summed E-state index contributed by atoms with van der Waals surface area (Å²) < 4.78 is 1.93. The van der Waals surface area contributed by atoms with Crippen LogP contribution in [0.1, 0.15) is 30.5 Å². The molecule has 7 heterocycles. The highest BCUT2D eigenvalue weighted by atomic mass is 15.1. The van der Waals surface area contributed by atoms with E-state index in [0.717, 1.165) is 69.9 Å². The van der Waals surface area contributed by atoms with Crippen LogP contribution in [-0.4, -0.2) is 62.7 Å². The van der Waals surface area contributed by atoms with Crippen LogP contribution in [0.3, 0.4) is 0 Å². The molecule has 7 rings (SSSR count). The first-order valence-corrected chi connectivity index (χ1v) is 12.6. The van der Waals surface area contributed by atoms with Crippen molar-refractivity contribution in [3.63, 3.8) is 0 Å². The van der Waals surface area contributed by atoms with Crippen LogP contribution in [0.25, 0.3) is 50.4 Å². The number of hydrogen-bond acceptors (Lipinski definition) is 7. The molecule has 10 nitrogen and oxygen atoms in total. The van der Waals surface area contributed by atoms with Gasteiger partial charge in [0.25, 0.3) is 0 Å². The molecule has 0 spiro atoms. The first-order chi connectivity index (χ1) is 18.2. The fraction of sp³-hybridized carbons (Fsp3) is 0.259. The van der Waals surface area contributed by atoms with Gasteiger partial charge in [0.2, 0.25) is 0 Å². The Morgan fingerprint density at radius 1 is 0.919 bits per heavy atom. The van der Waals surface area contributed by atoms with Crippen LogP contribution in [0, 0.1) is 6.92 Å². The van der Waals surface area contributed by atoms with Gasteiger partial charge in [0.15, 0.2) is 5.82 Å². The molecule has 0 amide bonds. The van der Waals surface area contributed by atoms with E-state index in [2.05, 4.69) is 47.2 Å². The number of aromatic amines is 2. The molecule has 184 valence electrons. The fourth-order valence-electron chi connectivity index (χ4n) is 5.12. The SMILES string of the molecule is Cc1cn(-c2cncc3[nH]c(-c4n[nH]c5cnc(-c6cncc(CN7CCCCC7)c6)cc45)nc23)cn1. The summed E-state index contributed by atoms with van der Waals surface area (Å²) in [6, 6.07) is 4.25. The van der Waals surface area contributed by atoms with Gasteiger partial charge in [-0.3, -0.25) is 25.0 Å². The standard InChI is InChI=1S/C27H26N10/c1-17-14-37(16-31-17)24-13-29-11-23-26(24)33-27(32-23)25-20-8-21(30-12-22(20)34-35-25)19-7-18(9-28-10-19)15-36-5-3-2-4-6-36/h7-14,16H,2-6,15H2,1H3,(H,32,33)(H,34,35). The topological polar surface area (TPSA) is 117 Å². The zero-order valence-corrected chi connectivity index (χ0v) is 20.5. The molecule has 2 N–H and O–H groups in total. The van der Waals surface area contributed by atoms with E-state index >= 15 is 0 Å². The predicted octanol–water partition coefficient (Wildman–Crippen LogP) is 4.44. The molecule has 6 aromatic heterocycles. The van der Waals surface area contributed by atoms with E-state index in [0.29, 0.717) is 5.82 Å². The number of hydrogen-bond donors (Lipinski definition) is 2. The predicted molar refractivity (Wildman–Crippen MR) is 141 cm³/mol. The van der Waals surface area contributed by atoms with Crippen LogP contribution in [-0.2, 0) is 6.54 Å². The summed E-state index contributed by atoms with van der Waals surface area (Å²) in [5.41, 5.74) is 8.08. The second kappa shape index (κ2) is 8.90. The average molecular weight is 491 g/mol. The minimum Gasteiger partial charge on any atom is -0.335 e. The lowest BCUT2D eigenvalue weighted by atomic mass is 10.1. The van der Waals surface area contributed by atoms with Crippen LogP contribution in [0.2, 0.25) is 0 Å². The van der Waals surface area contributed by atoms with Crippen LogP contribution < -0.4 is 0 Å². The Hall–Kier alpha value is -4.44. The van der Waals surface area contributed by atoms with Crippen molar-refractivity contribution in [3.05, 3.63) is 66.9 Å². The number of pyridine rings is 3. The molecule has 0 aromatic carbocycles. The third-order valence-corrected chi connectivity index (χ3v) is 6.98. The van der Waals surface area contributed by atoms with Crippen molar-refractivity contribution in [1.82, 2.24) is 49.6 Å². The molecular formula is C27H26N10. The molecule has 1 aliphatic heterocycles. The lowest BCUT2D eigenvalue weighted by Gasteiger charge is -2.26. The maximum absolute atomic E-state index is 4.91. The van der Waals surface area contributed by atoms with Gasteiger partial charge in [-0.1, -0.05) is 6.42 Å². The summed E-state index contributed by atoms with van der Waals surface area (Å²) in [6.45, 7) is 5.19. The molecule has 1 aliphatic rings. The highest BCUT2D eigenvalue weighted by Crippen LogP contribution is 2.30. The number of aromatic nitrogens is 9. The van der Waals surface area contributed by atoms with E-state index in [1.165, 1.54) is 24.8 Å². The highest BCUT2D eigenvalue weighted by molar-refractivity contribution is 5.95. The molecule has 0 radical (unpaired) electrons. The van der Waals surface area contributed by atoms with Gasteiger partial charge in [0.1, 0.15) is 11.2 Å². The normalized spacial score (nSPS) is 14.6. The van der Waals surface area contributed by atoms with Crippen molar-refractivity contribution < 1.29 is 0 Å². The molecule has 1 fully saturated rings. The van der Waals surface area contributed by atoms with E-state index in [1.54, 1.807) is 18.7 Å². The third-order valence-electron chi connectivity index (χ3n) is 6.98. The van der Waals surface area contributed by atoms with Crippen molar-refractivity contribution in [2.24, 2.45) is 0 Å². The Bertz CT molecular complexity index is 1720. The molecule has 37 heavy (non-hydrogen) atoms. The number of nitrogens with zero attached hydrogens (tertiary/aromatic N) is 8. The minimum atomic E-state index is 0.668. The van der Waals surface area contributed by atoms with Crippen molar-refractivity contribution in [2.75, 3.05) is 13.1 Å². The van der Waals surface area contributed by atoms with E-state index in [4.69, 9.17) is 9.97 Å². The van der Waals surface area contributed by atoms with Crippen LogP contribution in [0.5, 0.6) is 0 Å². The zero-order chi connectivity index (χ0) is 24.8. The van der Waals surface area contributed by atoms with Gasteiger partial charge in [-0.2, -0.15) is 5.10 Å². The van der Waals surface area contributed by atoms with Crippen molar-refractivity contribution >= 4 is 21.9 Å². The summed E-state index contributed by atoms with van der Waals surface area (Å²) in [6.07, 6.45) is 16.8. The Kier molecular flexibility index (Phi) is 5.24. The number of piperidine rings is 1. The van der Waals surface area contributed by atoms with Crippen LogP contribution >= 0.6 is 0 Å². The number of likely N-dealkylation sites (tertiary alicyclic amines) is 1. The largest absolute Gasteiger partial charge is 0.335 e. The number of H-pyrrole nitrogens is 2. The van der Waals surface area contributed by atoms with E-state index in [9.17, 15) is 0 Å². The molecule has 0 unspecified atom stereocenters. The molecule has 10 heteroatoms. The van der Waals surface area contributed by atoms with Gasteiger partial charge in [-0.05, 0) is 50.6 Å². The number of nitrogens with one attached hydrogen (secondary N) is 2. The van der Waals surface area contributed by atoms with Gasteiger partial charge in [0, 0.05) is 36.1 Å². The summed E-state index contributed by atoms with van der Waals surface area (Å²) in [5, 5.41) is 8.62. The first-order valence-electron chi connectivity index (χ1n) is 12.6. The molecule has 0 aliphatic carbocycles. The van der Waals surface area contributed by atoms with Gasteiger partial charge in [-0.25, -0.2) is 9.97 Å². The molecule has 0 bridgehead atoms. The third kappa shape index (κ3) is 4.05. The smallest absolute Gasteiger partial charge is 0.159 e. The number of aryl methyl sites for hydroxylation is 1. The first kappa shape index (κ1) is 21.8. The van der Waals surface area contributed by atoms with E-state index in [1.807, 2.05) is 36.3 Å². The van der Waals surface area contributed by atoms with Crippen molar-refractivity contribution in [3.8, 4) is 28.5 Å². The highest BCUT2D eigenvalue weighted by Gasteiger charge is 2.17. The molecule has 1 saturated heterocycles.